The maximum atomic E-state index is 12.1. The second kappa shape index (κ2) is 9.70. The van der Waals surface area contributed by atoms with Crippen molar-refractivity contribution in [1.29, 1.82) is 0 Å². The zero-order valence-electron chi connectivity index (χ0n) is 21.2. The van der Waals surface area contributed by atoms with Crippen molar-refractivity contribution >= 4 is 39.0 Å². The lowest BCUT2D eigenvalue weighted by molar-refractivity contribution is -0.128. The molecule has 0 aliphatic carbocycles. The van der Waals surface area contributed by atoms with E-state index in [4.69, 9.17) is 14.5 Å². The van der Waals surface area contributed by atoms with Crippen LogP contribution >= 0.6 is 11.3 Å². The number of hydrogen-bond acceptors (Lipinski definition) is 5. The van der Waals surface area contributed by atoms with Crippen LogP contribution in [0.3, 0.4) is 0 Å². The van der Waals surface area contributed by atoms with Crippen molar-refractivity contribution in [3.05, 3.63) is 53.7 Å². The normalized spacial score (nSPS) is 11.4. The molecule has 5 rings (SSSR count). The summed E-state index contributed by atoms with van der Waals surface area (Å²) in [6.07, 6.45) is 3.42. The van der Waals surface area contributed by atoms with E-state index in [1.807, 2.05) is 18.2 Å². The summed E-state index contributed by atoms with van der Waals surface area (Å²) < 4.78 is 13.2. The molecular formula is C28H30N4O3S. The molecule has 186 valence electrons. The van der Waals surface area contributed by atoms with Gasteiger partial charge in [-0.05, 0) is 43.7 Å². The minimum absolute atomic E-state index is 0.138. The van der Waals surface area contributed by atoms with Crippen LogP contribution in [-0.4, -0.2) is 53.7 Å². The van der Waals surface area contributed by atoms with Crippen LogP contribution in [0.25, 0.3) is 43.6 Å². The van der Waals surface area contributed by atoms with Gasteiger partial charge in [-0.25, -0.2) is 4.98 Å². The van der Waals surface area contributed by atoms with Crippen LogP contribution < -0.4 is 9.47 Å². The molecule has 0 aliphatic rings. The molecule has 0 radical (unpaired) electrons. The van der Waals surface area contributed by atoms with Crippen LogP contribution in [0.5, 0.6) is 11.5 Å². The minimum atomic E-state index is 0.138. The van der Waals surface area contributed by atoms with Crippen molar-refractivity contribution in [2.45, 2.75) is 26.3 Å². The van der Waals surface area contributed by atoms with Crippen LogP contribution in [0.15, 0.2) is 48.0 Å². The number of aromatic nitrogens is 3. The summed E-state index contributed by atoms with van der Waals surface area (Å²) in [5.41, 5.74) is 6.34. The number of hydrogen-bond donors (Lipinski definition) is 1. The van der Waals surface area contributed by atoms with E-state index in [1.165, 1.54) is 0 Å². The number of rotatable bonds is 8. The Morgan fingerprint density at radius 1 is 1.08 bits per heavy atom. The van der Waals surface area contributed by atoms with Gasteiger partial charge in [-0.1, -0.05) is 0 Å². The molecule has 1 amide bonds. The monoisotopic (exact) mass is 502 g/mol. The smallest absolute Gasteiger partial charge is 0.222 e. The number of carbonyl (C=O) groups excluding carboxylic acids is 1. The van der Waals surface area contributed by atoms with Crippen LogP contribution in [0.1, 0.15) is 18.5 Å². The maximum Gasteiger partial charge on any atom is 0.222 e. The molecule has 7 nitrogen and oxygen atoms in total. The van der Waals surface area contributed by atoms with E-state index in [2.05, 4.69) is 46.3 Å². The number of fused-ring (bicyclic) bond motifs is 2. The van der Waals surface area contributed by atoms with E-state index in [1.54, 1.807) is 44.6 Å². The third-order valence-corrected chi connectivity index (χ3v) is 7.44. The van der Waals surface area contributed by atoms with E-state index < -0.39 is 0 Å². The fourth-order valence-electron chi connectivity index (χ4n) is 4.65. The molecule has 0 fully saturated rings. The molecule has 5 aromatic rings. The number of ether oxygens (including phenoxy) is 2. The Bertz CT molecular complexity index is 1560. The van der Waals surface area contributed by atoms with Gasteiger partial charge in [0.25, 0.3) is 0 Å². The lowest BCUT2D eigenvalue weighted by Crippen LogP contribution is -2.21. The summed E-state index contributed by atoms with van der Waals surface area (Å²) in [5, 5.41) is 5.29. The first-order valence-corrected chi connectivity index (χ1v) is 12.8. The molecule has 0 aliphatic heterocycles. The molecule has 3 heterocycles. The van der Waals surface area contributed by atoms with Gasteiger partial charge in [0.1, 0.15) is 16.5 Å². The molecule has 0 atom stereocenters. The third-order valence-electron chi connectivity index (χ3n) is 6.56. The molecule has 0 saturated heterocycles. The molecule has 0 bridgehead atoms. The van der Waals surface area contributed by atoms with Gasteiger partial charge >= 0.3 is 0 Å². The molecule has 36 heavy (non-hydrogen) atoms. The summed E-state index contributed by atoms with van der Waals surface area (Å²) in [7, 11) is 6.95. The number of nitrogens with one attached hydrogen (secondary N) is 1. The highest BCUT2D eigenvalue weighted by molar-refractivity contribution is 7.13. The first-order chi connectivity index (χ1) is 17.4. The van der Waals surface area contributed by atoms with E-state index >= 15 is 0 Å². The molecule has 1 N–H and O–H groups in total. The van der Waals surface area contributed by atoms with Crippen molar-refractivity contribution in [2.75, 3.05) is 28.3 Å². The number of amides is 1. The number of thiazole rings is 1. The Balaban J connectivity index is 1.54. The van der Waals surface area contributed by atoms with Gasteiger partial charge in [0, 0.05) is 77.8 Å². The van der Waals surface area contributed by atoms with Crippen LogP contribution in [0.2, 0.25) is 0 Å². The zero-order valence-corrected chi connectivity index (χ0v) is 22.0. The summed E-state index contributed by atoms with van der Waals surface area (Å²) >= 11 is 1.64. The Morgan fingerprint density at radius 3 is 2.58 bits per heavy atom. The van der Waals surface area contributed by atoms with E-state index in [0.717, 1.165) is 73.8 Å². The Kier molecular flexibility index (Phi) is 6.45. The summed E-state index contributed by atoms with van der Waals surface area (Å²) in [6.45, 7) is 2.82. The maximum absolute atomic E-state index is 12.1. The number of aromatic amines is 1. The lowest BCUT2D eigenvalue weighted by Gasteiger charge is -2.10. The van der Waals surface area contributed by atoms with E-state index in [0.29, 0.717) is 6.42 Å². The van der Waals surface area contributed by atoms with Gasteiger partial charge in [-0.2, -0.15) is 0 Å². The van der Waals surface area contributed by atoms with Crippen LogP contribution in [0, 0.1) is 6.92 Å². The number of carbonyl (C=O) groups is 1. The van der Waals surface area contributed by atoms with Gasteiger partial charge < -0.3 is 23.9 Å². The number of benzene rings is 2. The molecule has 0 unspecified atom stereocenters. The van der Waals surface area contributed by atoms with E-state index in [9.17, 15) is 4.79 Å². The molecular weight excluding hydrogens is 472 g/mol. The average Bonchev–Trinajstić information content (AvgIpc) is 3.57. The molecule has 0 spiro atoms. The summed E-state index contributed by atoms with van der Waals surface area (Å²) in [4.78, 5) is 22.3. The van der Waals surface area contributed by atoms with Gasteiger partial charge in [-0.3, -0.25) is 4.79 Å². The van der Waals surface area contributed by atoms with Gasteiger partial charge in [-0.15, -0.1) is 11.3 Å². The highest BCUT2D eigenvalue weighted by atomic mass is 32.1. The van der Waals surface area contributed by atoms with Gasteiger partial charge in [0.15, 0.2) is 0 Å². The summed E-state index contributed by atoms with van der Waals surface area (Å²) in [6, 6.07) is 12.2. The quantitative estimate of drug-likeness (QED) is 0.278. The fraction of sp³-hybridized carbons (Fsp3) is 0.286. The average molecular weight is 503 g/mol. The van der Waals surface area contributed by atoms with Crippen molar-refractivity contribution in [3.8, 4) is 33.3 Å². The fourth-order valence-corrected chi connectivity index (χ4v) is 5.49. The van der Waals surface area contributed by atoms with E-state index in [-0.39, 0.29) is 5.91 Å². The SMILES string of the molecule is COc1ccc2[nH]c(C)c(-c3csc(-c4cn(CCCC(=O)N(C)C)c5cc(OC)ccc45)n3)c2c1. The number of aryl methyl sites for hydroxylation is 2. The standard InChI is InChI=1S/C28H30N4O3S/c1-17-27(21-13-18(34-4)9-11-23(21)29-17)24-16-36-28(30-24)22-15-32(12-6-7-26(33)31(2)3)25-14-19(35-5)8-10-20(22)25/h8-11,13-16,29H,6-7,12H2,1-5H3. The molecule has 8 heteroatoms. The second-order valence-electron chi connectivity index (χ2n) is 9.09. The first-order valence-electron chi connectivity index (χ1n) is 11.9. The Labute approximate surface area is 214 Å². The largest absolute Gasteiger partial charge is 0.497 e. The van der Waals surface area contributed by atoms with Crippen LogP contribution in [-0.2, 0) is 11.3 Å². The van der Waals surface area contributed by atoms with Gasteiger partial charge in [0.05, 0.1) is 25.4 Å². The Morgan fingerprint density at radius 2 is 1.83 bits per heavy atom. The summed E-state index contributed by atoms with van der Waals surface area (Å²) in [5.74, 6) is 1.77. The molecule has 3 aromatic heterocycles. The van der Waals surface area contributed by atoms with Crippen molar-refractivity contribution < 1.29 is 14.3 Å². The number of nitrogens with zero attached hydrogens (tertiary/aromatic N) is 3. The second-order valence-corrected chi connectivity index (χ2v) is 9.94. The predicted octanol–water partition coefficient (Wildman–Crippen LogP) is 6.11. The number of H-pyrrole nitrogens is 1. The molecule has 2 aromatic carbocycles. The topological polar surface area (TPSA) is 72.4 Å². The Hall–Kier alpha value is -3.78. The zero-order chi connectivity index (χ0) is 25.4. The highest BCUT2D eigenvalue weighted by Crippen LogP contribution is 2.39. The van der Waals surface area contributed by atoms with Crippen molar-refractivity contribution in [3.63, 3.8) is 0 Å². The van der Waals surface area contributed by atoms with Crippen LogP contribution in [0.4, 0.5) is 0 Å². The minimum Gasteiger partial charge on any atom is -0.497 e. The predicted molar refractivity (Wildman–Crippen MR) is 146 cm³/mol. The first kappa shape index (κ1) is 23.9. The van der Waals surface area contributed by atoms with Gasteiger partial charge in [0.2, 0.25) is 5.91 Å². The highest BCUT2D eigenvalue weighted by Gasteiger charge is 2.18. The lowest BCUT2D eigenvalue weighted by atomic mass is 10.1. The number of methoxy groups -OCH3 is 2. The molecule has 0 saturated carbocycles. The third kappa shape index (κ3) is 4.33. The van der Waals surface area contributed by atoms with Crippen molar-refractivity contribution in [2.24, 2.45) is 0 Å². The van der Waals surface area contributed by atoms with Crippen molar-refractivity contribution in [1.82, 2.24) is 19.4 Å².